The second-order valence-corrected chi connectivity index (χ2v) is 2.02. The van der Waals surface area contributed by atoms with Gasteiger partial charge in [0.1, 0.15) is 7.28 Å². The van der Waals surface area contributed by atoms with Gasteiger partial charge in [-0.15, -0.1) is 0 Å². The first-order valence-electron chi connectivity index (χ1n) is 3.46. The van der Waals surface area contributed by atoms with Gasteiger partial charge in [-0.25, -0.2) is 0 Å². The molecule has 0 N–H and O–H groups in total. The van der Waals surface area contributed by atoms with Crippen LogP contribution in [0.25, 0.3) is 0 Å². The van der Waals surface area contributed by atoms with Gasteiger partial charge in [-0.05, 0) is 13.8 Å². The Balaban J connectivity index is 3.55. The van der Waals surface area contributed by atoms with Gasteiger partial charge in [0, 0.05) is 11.9 Å². The summed E-state index contributed by atoms with van der Waals surface area (Å²) in [5.41, 5.74) is 1.12. The lowest BCUT2D eigenvalue weighted by atomic mass is 9.78. The molecule has 0 fully saturated rings. The van der Waals surface area contributed by atoms with Crippen LogP contribution in [-0.4, -0.2) is 13.5 Å². The van der Waals surface area contributed by atoms with Crippen LogP contribution in [-0.2, 0) is 0 Å². The van der Waals surface area contributed by atoms with Crippen molar-refractivity contribution in [3.8, 4) is 0 Å². The van der Waals surface area contributed by atoms with Crippen molar-refractivity contribution in [3.05, 3.63) is 11.8 Å². The molecule has 0 aliphatic carbocycles. The summed E-state index contributed by atoms with van der Waals surface area (Å²) in [5.74, 6) is 0. The van der Waals surface area contributed by atoms with Gasteiger partial charge in [-0.2, -0.15) is 0 Å². The lowest BCUT2D eigenvalue weighted by Crippen LogP contribution is -1.76. The second-order valence-electron chi connectivity index (χ2n) is 2.02. The van der Waals surface area contributed by atoms with Crippen LogP contribution >= 0.6 is 0 Å². The molecule has 50 valence electrons. The van der Waals surface area contributed by atoms with Gasteiger partial charge in [-0.1, -0.05) is 19.2 Å². The molecule has 0 amide bonds. The van der Waals surface area contributed by atoms with Crippen molar-refractivity contribution in [2.45, 2.75) is 27.0 Å². The minimum absolute atomic E-state index is 1.12. The van der Waals surface area contributed by atoms with Crippen LogP contribution in [0.2, 0.25) is 13.1 Å². The summed E-state index contributed by atoms with van der Waals surface area (Å²) in [4.78, 5) is 4.10. The maximum atomic E-state index is 4.10. The van der Waals surface area contributed by atoms with Gasteiger partial charge in [0.25, 0.3) is 0 Å². The largest absolute Gasteiger partial charge is 0.267 e. The molecule has 1 nitrogen and oxygen atoms in total. The third kappa shape index (κ3) is 5.34. The van der Waals surface area contributed by atoms with E-state index in [4.69, 9.17) is 0 Å². The fourth-order valence-corrected chi connectivity index (χ4v) is 0.610. The summed E-state index contributed by atoms with van der Waals surface area (Å²) in [6, 6.07) is 0. The minimum atomic E-state index is 1.12. The third-order valence-electron chi connectivity index (χ3n) is 1.06. The van der Waals surface area contributed by atoms with Crippen LogP contribution in [0.1, 0.15) is 13.8 Å². The van der Waals surface area contributed by atoms with E-state index >= 15 is 0 Å². The molecule has 0 aliphatic rings. The quantitative estimate of drug-likeness (QED) is 0.401. The first-order chi connectivity index (χ1) is 4.31. The Kier molecular flexibility index (Phi) is 5.28. The Hall–Kier alpha value is -0.525. The number of hydrogen-bond acceptors (Lipinski definition) is 1. The fourth-order valence-electron chi connectivity index (χ4n) is 0.610. The zero-order valence-electron chi connectivity index (χ0n) is 6.52. The van der Waals surface area contributed by atoms with Crippen molar-refractivity contribution in [3.63, 3.8) is 0 Å². The van der Waals surface area contributed by atoms with E-state index in [2.05, 4.69) is 17.9 Å². The number of hydrogen-bond donors (Lipinski definition) is 0. The molecule has 0 atom stereocenters. The molecule has 0 spiro atoms. The van der Waals surface area contributed by atoms with E-state index in [0.717, 1.165) is 12.0 Å². The first kappa shape index (κ1) is 8.47. The Morgan fingerprint density at radius 2 is 2.33 bits per heavy atom. The maximum Gasteiger partial charge on any atom is 0.121 e. The number of allylic oxidation sites excluding steroid dienone is 2. The molecule has 0 aromatic carbocycles. The predicted octanol–water partition coefficient (Wildman–Crippen LogP) is 1.88. The molecule has 2 heteroatoms. The summed E-state index contributed by atoms with van der Waals surface area (Å²) in [6.07, 6.45) is 5.12. The van der Waals surface area contributed by atoms with Crippen LogP contribution in [0.3, 0.4) is 0 Å². The minimum Gasteiger partial charge on any atom is -0.267 e. The lowest BCUT2D eigenvalue weighted by Gasteiger charge is -1.87. The molecule has 9 heavy (non-hydrogen) atoms. The van der Waals surface area contributed by atoms with Gasteiger partial charge < -0.3 is 0 Å². The maximum absolute atomic E-state index is 4.10. The van der Waals surface area contributed by atoms with Gasteiger partial charge >= 0.3 is 0 Å². The van der Waals surface area contributed by atoms with Crippen molar-refractivity contribution < 1.29 is 0 Å². The fraction of sp³-hybridized carbons (Fsp3) is 0.571. The van der Waals surface area contributed by atoms with E-state index in [-0.39, 0.29) is 0 Å². The smallest absolute Gasteiger partial charge is 0.121 e. The Bertz CT molecular complexity index is 116. The van der Waals surface area contributed by atoms with E-state index < -0.39 is 0 Å². The van der Waals surface area contributed by atoms with Crippen molar-refractivity contribution in [2.75, 3.05) is 0 Å². The van der Waals surface area contributed by atoms with Crippen LogP contribution in [0.5, 0.6) is 0 Å². The van der Waals surface area contributed by atoms with Gasteiger partial charge in [0.15, 0.2) is 0 Å². The third-order valence-corrected chi connectivity index (χ3v) is 1.06. The normalized spacial score (nSPS) is 12.6. The van der Waals surface area contributed by atoms with Crippen LogP contribution in [0.15, 0.2) is 16.8 Å². The molecule has 0 unspecified atom stereocenters. The van der Waals surface area contributed by atoms with Crippen LogP contribution in [0, 0.1) is 0 Å². The molecule has 0 rings (SSSR count). The SMILES string of the molecule is CBC/C=C(C)\N=C/C. The van der Waals surface area contributed by atoms with E-state index in [1.54, 1.807) is 0 Å². The molecule has 0 heterocycles. The van der Waals surface area contributed by atoms with Crippen molar-refractivity contribution in [2.24, 2.45) is 4.99 Å². The molecule has 0 saturated carbocycles. The standard InChI is InChI=1S/C7H14BN/c1-4-9-7(2)5-6-8-3/h4-5,8H,6H2,1-3H3/b7-5-,9-4-. The average molecular weight is 123 g/mol. The summed E-state index contributed by atoms with van der Waals surface area (Å²) < 4.78 is 0. The summed E-state index contributed by atoms with van der Waals surface area (Å²) in [7, 11) is 1.20. The van der Waals surface area contributed by atoms with Crippen molar-refractivity contribution in [1.82, 2.24) is 0 Å². The summed E-state index contributed by atoms with van der Waals surface area (Å²) in [6.45, 7) is 6.12. The van der Waals surface area contributed by atoms with Gasteiger partial charge in [0.2, 0.25) is 0 Å². The number of aliphatic imine (C=N–C) groups is 1. The highest BCUT2D eigenvalue weighted by molar-refractivity contribution is 6.34. The van der Waals surface area contributed by atoms with E-state index in [1.165, 1.54) is 7.28 Å². The van der Waals surface area contributed by atoms with Gasteiger partial charge in [0.05, 0.1) is 0 Å². The number of nitrogens with zero attached hydrogens (tertiary/aromatic N) is 1. The van der Waals surface area contributed by atoms with Crippen LogP contribution in [0.4, 0.5) is 0 Å². The Labute approximate surface area is 58.1 Å². The molecule has 0 saturated heterocycles. The van der Waals surface area contributed by atoms with Crippen molar-refractivity contribution >= 4 is 13.5 Å². The van der Waals surface area contributed by atoms with E-state index in [9.17, 15) is 0 Å². The highest BCUT2D eigenvalue weighted by Gasteiger charge is 1.80. The molecule has 0 aliphatic heterocycles. The molecule has 0 aromatic rings. The molecule has 0 radical (unpaired) electrons. The molecular weight excluding hydrogens is 109 g/mol. The summed E-state index contributed by atoms with van der Waals surface area (Å²) >= 11 is 0. The van der Waals surface area contributed by atoms with E-state index in [1.807, 2.05) is 20.1 Å². The zero-order valence-corrected chi connectivity index (χ0v) is 6.52. The molecule has 0 aromatic heterocycles. The number of rotatable bonds is 3. The highest BCUT2D eigenvalue weighted by Crippen LogP contribution is 1.95. The molecular formula is C7H14BN. The Morgan fingerprint density at radius 1 is 1.67 bits per heavy atom. The summed E-state index contributed by atoms with van der Waals surface area (Å²) in [5, 5.41) is 0. The molecule has 0 bridgehead atoms. The zero-order chi connectivity index (χ0) is 7.11. The lowest BCUT2D eigenvalue weighted by molar-refractivity contribution is 1.29. The van der Waals surface area contributed by atoms with Gasteiger partial charge in [-0.3, -0.25) is 4.99 Å². The predicted molar refractivity (Wildman–Crippen MR) is 45.7 cm³/mol. The van der Waals surface area contributed by atoms with Crippen molar-refractivity contribution in [1.29, 1.82) is 0 Å². The van der Waals surface area contributed by atoms with Crippen LogP contribution < -0.4 is 0 Å². The topological polar surface area (TPSA) is 12.4 Å². The van der Waals surface area contributed by atoms with E-state index in [0.29, 0.717) is 0 Å². The monoisotopic (exact) mass is 123 g/mol. The Morgan fingerprint density at radius 3 is 2.78 bits per heavy atom. The highest BCUT2D eigenvalue weighted by atomic mass is 14.7. The first-order valence-corrected chi connectivity index (χ1v) is 3.46. The average Bonchev–Trinajstić information content (AvgIpc) is 1.85. The second kappa shape index (κ2) is 5.61.